The summed E-state index contributed by atoms with van der Waals surface area (Å²) in [6, 6.07) is 8.11. The maximum absolute atomic E-state index is 4.69. The van der Waals surface area contributed by atoms with Crippen molar-refractivity contribution < 1.29 is 0 Å². The summed E-state index contributed by atoms with van der Waals surface area (Å²) in [6.45, 7) is 3.96. The first kappa shape index (κ1) is 13.5. The Morgan fingerprint density at radius 2 is 1.14 bits per heavy atom. The van der Waals surface area contributed by atoms with Crippen LogP contribution in [0.3, 0.4) is 0 Å². The maximum atomic E-state index is 4.69. The maximum Gasteiger partial charge on any atom is 0.155 e. The zero-order valence-electron chi connectivity index (χ0n) is 12.1. The molecule has 0 atom stereocenters. The topological polar surface area (TPSA) is 51.6 Å². The van der Waals surface area contributed by atoms with Gasteiger partial charge in [-0.15, -0.1) is 0 Å². The Bertz CT molecular complexity index is 830. The Morgan fingerprint density at radius 3 is 1.50 bits per heavy atom. The minimum absolute atomic E-state index is 0.967. The summed E-state index contributed by atoms with van der Waals surface area (Å²) in [7, 11) is 0. The van der Waals surface area contributed by atoms with Crippen LogP contribution in [0.25, 0.3) is 30.8 Å². The van der Waals surface area contributed by atoms with Crippen molar-refractivity contribution in [2.75, 3.05) is 0 Å². The van der Waals surface area contributed by atoms with Crippen molar-refractivity contribution in [2.45, 2.75) is 13.8 Å². The lowest BCUT2D eigenvalue weighted by Gasteiger charge is -1.96. The highest BCUT2D eigenvalue weighted by molar-refractivity contribution is 7.29. The van der Waals surface area contributed by atoms with E-state index in [9.17, 15) is 0 Å². The van der Waals surface area contributed by atoms with Crippen LogP contribution in [0.2, 0.25) is 0 Å². The first-order valence-corrected chi connectivity index (χ1v) is 8.46. The van der Waals surface area contributed by atoms with E-state index in [1.54, 1.807) is 22.7 Å². The second-order valence-electron chi connectivity index (χ2n) is 5.02. The van der Waals surface area contributed by atoms with Gasteiger partial charge >= 0.3 is 0 Å². The summed E-state index contributed by atoms with van der Waals surface area (Å²) in [5, 5.41) is 1.93. The average Bonchev–Trinajstić information content (AvgIpc) is 3.07. The number of thiazole rings is 2. The lowest BCUT2D eigenvalue weighted by molar-refractivity contribution is 1.20. The van der Waals surface area contributed by atoms with Crippen molar-refractivity contribution in [1.29, 1.82) is 0 Å². The van der Waals surface area contributed by atoms with Gasteiger partial charge in [-0.05, 0) is 38.1 Å². The molecule has 0 amide bonds. The summed E-state index contributed by atoms with van der Waals surface area (Å²) < 4.78 is 0. The van der Waals surface area contributed by atoms with E-state index in [4.69, 9.17) is 9.97 Å². The summed E-state index contributed by atoms with van der Waals surface area (Å²) in [4.78, 5) is 20.0. The smallest absolute Gasteiger partial charge is 0.155 e. The number of aryl methyl sites for hydroxylation is 2. The molecule has 0 spiro atoms. The SMILES string of the molecule is Cc1ccc(-c2nc3sc(-c4ccc(C)nc4)nc3s2)cn1. The van der Waals surface area contributed by atoms with Crippen LogP contribution in [0.1, 0.15) is 11.4 Å². The van der Waals surface area contributed by atoms with Crippen LogP contribution in [0.5, 0.6) is 0 Å². The number of aromatic nitrogens is 4. The second-order valence-corrected chi connectivity index (χ2v) is 6.98. The Kier molecular flexibility index (Phi) is 3.20. The highest BCUT2D eigenvalue weighted by Crippen LogP contribution is 2.36. The molecular weight excluding hydrogens is 312 g/mol. The van der Waals surface area contributed by atoms with Crippen LogP contribution in [0.4, 0.5) is 0 Å². The van der Waals surface area contributed by atoms with Gasteiger partial charge in [-0.3, -0.25) is 9.97 Å². The van der Waals surface area contributed by atoms with Gasteiger partial charge < -0.3 is 0 Å². The molecule has 0 bridgehead atoms. The molecule has 0 N–H and O–H groups in total. The number of rotatable bonds is 2. The highest BCUT2D eigenvalue weighted by Gasteiger charge is 2.13. The third kappa shape index (κ3) is 2.40. The number of nitrogens with zero attached hydrogens (tertiary/aromatic N) is 4. The molecule has 0 radical (unpaired) electrons. The van der Waals surface area contributed by atoms with Crippen LogP contribution >= 0.6 is 22.7 Å². The normalized spacial score (nSPS) is 11.2. The zero-order valence-corrected chi connectivity index (χ0v) is 13.7. The second kappa shape index (κ2) is 5.23. The minimum atomic E-state index is 0.967. The third-order valence-corrected chi connectivity index (χ3v) is 5.42. The van der Waals surface area contributed by atoms with Gasteiger partial charge in [0.15, 0.2) is 9.66 Å². The fourth-order valence-electron chi connectivity index (χ4n) is 2.08. The van der Waals surface area contributed by atoms with Crippen molar-refractivity contribution in [2.24, 2.45) is 0 Å². The zero-order chi connectivity index (χ0) is 15.1. The summed E-state index contributed by atoms with van der Waals surface area (Å²) in [5.41, 5.74) is 4.10. The molecule has 4 aromatic rings. The largest absolute Gasteiger partial charge is 0.261 e. The van der Waals surface area contributed by atoms with Gasteiger partial charge in [0.2, 0.25) is 0 Å². The van der Waals surface area contributed by atoms with E-state index in [1.165, 1.54) is 0 Å². The van der Waals surface area contributed by atoms with Crippen molar-refractivity contribution >= 4 is 32.3 Å². The van der Waals surface area contributed by atoms with E-state index in [1.807, 2.05) is 38.4 Å². The molecule has 4 aromatic heterocycles. The lowest BCUT2D eigenvalue weighted by Crippen LogP contribution is -1.82. The van der Waals surface area contributed by atoms with Crippen LogP contribution < -0.4 is 0 Å². The fourth-order valence-corrected chi connectivity index (χ4v) is 4.10. The quantitative estimate of drug-likeness (QED) is 0.545. The predicted molar refractivity (Wildman–Crippen MR) is 91.2 cm³/mol. The average molecular weight is 324 g/mol. The van der Waals surface area contributed by atoms with Crippen LogP contribution in [0, 0.1) is 13.8 Å². The van der Waals surface area contributed by atoms with Crippen LogP contribution in [0.15, 0.2) is 36.7 Å². The van der Waals surface area contributed by atoms with Crippen LogP contribution in [-0.2, 0) is 0 Å². The first-order chi connectivity index (χ1) is 10.7. The highest BCUT2D eigenvalue weighted by atomic mass is 32.1. The molecule has 0 saturated heterocycles. The Balaban J connectivity index is 1.73. The fraction of sp³-hybridized carbons (Fsp3) is 0.125. The molecule has 0 aliphatic carbocycles. The monoisotopic (exact) mass is 324 g/mol. The Morgan fingerprint density at radius 1 is 0.682 bits per heavy atom. The minimum Gasteiger partial charge on any atom is -0.261 e. The van der Waals surface area contributed by atoms with Gasteiger partial charge in [0.05, 0.1) is 0 Å². The number of pyridine rings is 2. The van der Waals surface area contributed by atoms with Gasteiger partial charge in [-0.2, -0.15) is 0 Å². The van der Waals surface area contributed by atoms with E-state index < -0.39 is 0 Å². The number of fused-ring (bicyclic) bond motifs is 1. The summed E-state index contributed by atoms with van der Waals surface area (Å²) in [6.07, 6.45) is 3.73. The molecule has 0 saturated carbocycles. The molecule has 4 nitrogen and oxygen atoms in total. The standard InChI is InChI=1S/C16H12N4S2/c1-9-3-5-11(7-17-9)13-19-15-16(21-13)20-14(22-15)12-6-4-10(2)18-8-12/h3-8H,1-2H3. The molecule has 6 heteroatoms. The lowest BCUT2D eigenvalue weighted by atomic mass is 10.3. The molecular formula is C16H12N4S2. The molecule has 4 heterocycles. The molecule has 0 aromatic carbocycles. The van der Waals surface area contributed by atoms with E-state index >= 15 is 0 Å². The molecule has 22 heavy (non-hydrogen) atoms. The number of hydrogen-bond donors (Lipinski definition) is 0. The predicted octanol–water partition coefficient (Wildman–Crippen LogP) is 4.49. The summed E-state index contributed by atoms with van der Waals surface area (Å²) >= 11 is 3.21. The van der Waals surface area contributed by atoms with E-state index in [0.29, 0.717) is 0 Å². The molecule has 0 unspecified atom stereocenters. The molecule has 0 aliphatic heterocycles. The first-order valence-electron chi connectivity index (χ1n) is 6.82. The summed E-state index contributed by atoms with van der Waals surface area (Å²) in [5.74, 6) is 0. The van der Waals surface area contributed by atoms with Gasteiger partial charge in [-0.25, -0.2) is 9.97 Å². The van der Waals surface area contributed by atoms with Crippen molar-refractivity contribution in [1.82, 2.24) is 19.9 Å². The van der Waals surface area contributed by atoms with E-state index in [0.717, 1.165) is 42.2 Å². The molecule has 0 fully saturated rings. The van der Waals surface area contributed by atoms with Gasteiger partial charge in [0.1, 0.15) is 10.0 Å². The Labute approximate surface area is 135 Å². The van der Waals surface area contributed by atoms with E-state index in [2.05, 4.69) is 22.1 Å². The van der Waals surface area contributed by atoms with Gasteiger partial charge in [0, 0.05) is 34.9 Å². The van der Waals surface area contributed by atoms with E-state index in [-0.39, 0.29) is 0 Å². The molecule has 0 aliphatic rings. The molecule has 4 rings (SSSR count). The molecule has 108 valence electrons. The van der Waals surface area contributed by atoms with Gasteiger partial charge in [0.25, 0.3) is 0 Å². The van der Waals surface area contributed by atoms with Gasteiger partial charge in [-0.1, -0.05) is 22.7 Å². The van der Waals surface area contributed by atoms with Crippen molar-refractivity contribution in [3.05, 3.63) is 48.0 Å². The van der Waals surface area contributed by atoms with Crippen molar-refractivity contribution in [3.63, 3.8) is 0 Å². The van der Waals surface area contributed by atoms with Crippen molar-refractivity contribution in [3.8, 4) is 21.1 Å². The Hall–Kier alpha value is -2.18. The van der Waals surface area contributed by atoms with Crippen LogP contribution in [-0.4, -0.2) is 19.9 Å². The number of hydrogen-bond acceptors (Lipinski definition) is 6. The third-order valence-electron chi connectivity index (χ3n) is 3.29.